The van der Waals surface area contributed by atoms with Crippen molar-refractivity contribution in [1.29, 1.82) is 0 Å². The Balaban J connectivity index is 2.08. The van der Waals surface area contributed by atoms with E-state index in [9.17, 15) is 14.0 Å². The molecule has 0 saturated carbocycles. The van der Waals surface area contributed by atoms with Crippen molar-refractivity contribution in [2.75, 3.05) is 12.3 Å². The van der Waals surface area contributed by atoms with Crippen LogP contribution in [0.2, 0.25) is 0 Å². The second-order valence-electron chi connectivity index (χ2n) is 6.88. The molecule has 4 nitrogen and oxygen atoms in total. The van der Waals surface area contributed by atoms with Crippen LogP contribution >= 0.6 is 11.8 Å². The number of amides is 2. The lowest BCUT2D eigenvalue weighted by Gasteiger charge is -2.30. The number of carbonyl (C=O) groups excluding carboxylic acids is 2. The number of aryl methyl sites for hydroxylation is 1. The number of rotatable bonds is 10. The fraction of sp³-hybridized carbons (Fsp3) is 0.391. The minimum Gasteiger partial charge on any atom is -0.355 e. The molecule has 0 heterocycles. The summed E-state index contributed by atoms with van der Waals surface area (Å²) in [6.07, 6.45) is 0.847. The summed E-state index contributed by atoms with van der Waals surface area (Å²) in [5.74, 6) is 0.0776. The molecular weight excluding hydrogens is 387 g/mol. The fourth-order valence-electron chi connectivity index (χ4n) is 3.03. The number of carbonyl (C=O) groups is 2. The second-order valence-corrected chi connectivity index (χ2v) is 8.05. The lowest BCUT2D eigenvalue weighted by molar-refractivity contribution is -0.141. The summed E-state index contributed by atoms with van der Waals surface area (Å²) in [5, 5.41) is 2.82. The third-order valence-electron chi connectivity index (χ3n) is 4.61. The molecule has 1 atom stereocenters. The molecule has 0 aliphatic heterocycles. The molecule has 0 aliphatic carbocycles. The summed E-state index contributed by atoms with van der Waals surface area (Å²) >= 11 is 1.62. The molecule has 6 heteroatoms. The van der Waals surface area contributed by atoms with Crippen molar-refractivity contribution in [2.45, 2.75) is 51.1 Å². The van der Waals surface area contributed by atoms with E-state index in [0.717, 1.165) is 10.5 Å². The Morgan fingerprint density at radius 2 is 1.72 bits per heavy atom. The summed E-state index contributed by atoms with van der Waals surface area (Å²) in [5.41, 5.74) is 2.00. The molecular formula is C23H29FN2O2S. The van der Waals surface area contributed by atoms with Gasteiger partial charge in [0.05, 0.1) is 0 Å². The molecule has 0 fully saturated rings. The highest BCUT2D eigenvalue weighted by atomic mass is 32.2. The number of nitrogens with one attached hydrogen (secondary N) is 1. The van der Waals surface area contributed by atoms with Crippen molar-refractivity contribution in [2.24, 2.45) is 0 Å². The number of nitrogens with zero attached hydrogens (tertiary/aromatic N) is 1. The molecule has 2 amide bonds. The van der Waals surface area contributed by atoms with Gasteiger partial charge in [-0.05, 0) is 50.1 Å². The Hall–Kier alpha value is -2.34. The monoisotopic (exact) mass is 416 g/mol. The Labute approximate surface area is 176 Å². The van der Waals surface area contributed by atoms with Gasteiger partial charge in [0.15, 0.2) is 0 Å². The summed E-state index contributed by atoms with van der Waals surface area (Å²) in [4.78, 5) is 28.3. The molecule has 0 unspecified atom stereocenters. The first-order valence-corrected chi connectivity index (χ1v) is 10.9. The van der Waals surface area contributed by atoms with Gasteiger partial charge in [-0.2, -0.15) is 0 Å². The minimum absolute atomic E-state index is 0.0768. The lowest BCUT2D eigenvalue weighted by atomic mass is 10.1. The maximum atomic E-state index is 13.2. The first-order chi connectivity index (χ1) is 13.9. The molecule has 0 saturated heterocycles. The van der Waals surface area contributed by atoms with Gasteiger partial charge in [-0.25, -0.2) is 4.39 Å². The fourth-order valence-corrected chi connectivity index (χ4v) is 3.87. The average Bonchev–Trinajstić information content (AvgIpc) is 2.71. The van der Waals surface area contributed by atoms with Crippen molar-refractivity contribution in [1.82, 2.24) is 10.2 Å². The molecule has 0 bridgehead atoms. The van der Waals surface area contributed by atoms with Gasteiger partial charge in [0, 0.05) is 30.2 Å². The van der Waals surface area contributed by atoms with E-state index in [1.807, 2.05) is 45.0 Å². The van der Waals surface area contributed by atoms with E-state index in [-0.39, 0.29) is 24.2 Å². The first-order valence-electron chi connectivity index (χ1n) is 9.95. The van der Waals surface area contributed by atoms with E-state index >= 15 is 0 Å². The highest BCUT2D eigenvalue weighted by Gasteiger charge is 2.28. The SMILES string of the molecule is CCNC(=O)[C@@H](CC)N(Cc1ccc(F)cc1)C(=O)CCSc1ccc(C)cc1. The van der Waals surface area contributed by atoms with Gasteiger partial charge in [0.25, 0.3) is 0 Å². The smallest absolute Gasteiger partial charge is 0.242 e. The van der Waals surface area contributed by atoms with Crippen LogP contribution in [0.25, 0.3) is 0 Å². The van der Waals surface area contributed by atoms with Crippen LogP contribution in [0.1, 0.15) is 37.8 Å². The predicted molar refractivity (Wildman–Crippen MR) is 116 cm³/mol. The van der Waals surface area contributed by atoms with Gasteiger partial charge in [-0.3, -0.25) is 9.59 Å². The van der Waals surface area contributed by atoms with Gasteiger partial charge in [0.1, 0.15) is 11.9 Å². The van der Waals surface area contributed by atoms with E-state index in [1.54, 1.807) is 28.8 Å². The normalized spacial score (nSPS) is 11.7. The molecule has 2 aromatic rings. The third-order valence-corrected chi connectivity index (χ3v) is 5.62. The molecule has 156 valence electrons. The van der Waals surface area contributed by atoms with Crippen LogP contribution in [0, 0.1) is 12.7 Å². The zero-order valence-electron chi connectivity index (χ0n) is 17.3. The first kappa shape index (κ1) is 22.9. The summed E-state index contributed by atoms with van der Waals surface area (Å²) in [6, 6.07) is 13.7. The Bertz CT molecular complexity index is 794. The molecule has 0 spiro atoms. The summed E-state index contributed by atoms with van der Waals surface area (Å²) in [6.45, 7) is 6.58. The van der Waals surface area contributed by atoms with Gasteiger partial charge < -0.3 is 10.2 Å². The van der Waals surface area contributed by atoms with E-state index < -0.39 is 6.04 Å². The Morgan fingerprint density at radius 1 is 1.07 bits per heavy atom. The van der Waals surface area contributed by atoms with Crippen molar-refractivity contribution in [3.8, 4) is 0 Å². The number of likely N-dealkylation sites (N-methyl/N-ethyl adjacent to an activating group) is 1. The molecule has 0 aromatic heterocycles. The van der Waals surface area contributed by atoms with E-state index in [1.165, 1.54) is 17.7 Å². The van der Waals surface area contributed by atoms with E-state index in [0.29, 0.717) is 25.1 Å². The largest absolute Gasteiger partial charge is 0.355 e. The van der Waals surface area contributed by atoms with Crippen LogP contribution in [-0.2, 0) is 16.1 Å². The summed E-state index contributed by atoms with van der Waals surface area (Å²) < 4.78 is 13.2. The summed E-state index contributed by atoms with van der Waals surface area (Å²) in [7, 11) is 0. The Kier molecular flexibility index (Phi) is 9.19. The van der Waals surface area contributed by atoms with Crippen LogP contribution < -0.4 is 5.32 Å². The number of halogens is 1. The van der Waals surface area contributed by atoms with Gasteiger partial charge >= 0.3 is 0 Å². The van der Waals surface area contributed by atoms with Crippen LogP contribution in [0.5, 0.6) is 0 Å². The average molecular weight is 417 g/mol. The molecule has 0 aliphatic rings. The maximum Gasteiger partial charge on any atom is 0.242 e. The van der Waals surface area contributed by atoms with Crippen molar-refractivity contribution >= 4 is 23.6 Å². The van der Waals surface area contributed by atoms with Gasteiger partial charge in [-0.15, -0.1) is 11.8 Å². The highest BCUT2D eigenvalue weighted by Crippen LogP contribution is 2.21. The van der Waals surface area contributed by atoms with Crippen molar-refractivity contribution in [3.05, 3.63) is 65.5 Å². The van der Waals surface area contributed by atoms with Gasteiger partial charge in [-0.1, -0.05) is 36.8 Å². The molecule has 0 radical (unpaired) electrons. The molecule has 2 aromatic carbocycles. The van der Waals surface area contributed by atoms with Crippen LogP contribution in [-0.4, -0.2) is 35.1 Å². The van der Waals surface area contributed by atoms with Crippen LogP contribution in [0.3, 0.4) is 0 Å². The third kappa shape index (κ3) is 7.20. The molecule has 2 rings (SSSR count). The highest BCUT2D eigenvalue weighted by molar-refractivity contribution is 7.99. The number of hydrogen-bond donors (Lipinski definition) is 1. The standard InChI is InChI=1S/C23H29FN2O2S/c1-4-21(23(28)25-5-2)26(16-18-8-10-19(24)11-9-18)22(27)14-15-29-20-12-6-17(3)7-13-20/h6-13,21H,4-5,14-16H2,1-3H3,(H,25,28)/t21-/m1/s1. The van der Waals surface area contributed by atoms with E-state index in [2.05, 4.69) is 5.32 Å². The van der Waals surface area contributed by atoms with Crippen molar-refractivity contribution in [3.63, 3.8) is 0 Å². The van der Waals surface area contributed by atoms with Crippen LogP contribution in [0.15, 0.2) is 53.4 Å². The van der Waals surface area contributed by atoms with Crippen molar-refractivity contribution < 1.29 is 14.0 Å². The quantitative estimate of drug-likeness (QED) is 0.578. The van der Waals surface area contributed by atoms with E-state index in [4.69, 9.17) is 0 Å². The Morgan fingerprint density at radius 3 is 2.31 bits per heavy atom. The maximum absolute atomic E-state index is 13.2. The predicted octanol–water partition coefficient (Wildman–Crippen LogP) is 4.56. The zero-order chi connectivity index (χ0) is 21.2. The topological polar surface area (TPSA) is 49.4 Å². The number of benzene rings is 2. The molecule has 1 N–H and O–H groups in total. The van der Waals surface area contributed by atoms with Gasteiger partial charge in [0.2, 0.25) is 11.8 Å². The second kappa shape index (κ2) is 11.6. The number of thioether (sulfide) groups is 1. The minimum atomic E-state index is -0.545. The number of hydrogen-bond acceptors (Lipinski definition) is 3. The zero-order valence-corrected chi connectivity index (χ0v) is 18.1. The van der Waals surface area contributed by atoms with Crippen LogP contribution in [0.4, 0.5) is 4.39 Å². The lowest BCUT2D eigenvalue weighted by Crippen LogP contribution is -2.49. The molecule has 29 heavy (non-hydrogen) atoms.